The van der Waals surface area contributed by atoms with Gasteiger partial charge in [0, 0.05) is 46.3 Å². The van der Waals surface area contributed by atoms with Crippen LogP contribution in [0.2, 0.25) is 0 Å². The maximum Gasteiger partial charge on any atom is 0.191 e. The molecule has 1 unspecified atom stereocenters. The molecule has 0 aliphatic carbocycles. The summed E-state index contributed by atoms with van der Waals surface area (Å²) in [6, 6.07) is 0. The number of nitrogens with one attached hydrogen (secondary N) is 2. The Morgan fingerprint density at radius 3 is 2.70 bits per heavy atom. The third-order valence-electron chi connectivity index (χ3n) is 4.09. The van der Waals surface area contributed by atoms with Crippen molar-refractivity contribution < 1.29 is 4.74 Å². The van der Waals surface area contributed by atoms with E-state index in [1.165, 1.54) is 19.5 Å². The van der Waals surface area contributed by atoms with Crippen molar-refractivity contribution in [2.24, 2.45) is 10.9 Å². The lowest BCUT2D eigenvalue weighted by Gasteiger charge is -2.26. The average molecular weight is 283 g/mol. The van der Waals surface area contributed by atoms with E-state index in [0.717, 1.165) is 57.8 Å². The number of rotatable bonds is 5. The number of ether oxygens (including phenoxy) is 1. The van der Waals surface area contributed by atoms with Crippen LogP contribution in [0.25, 0.3) is 0 Å². The Hall–Kier alpha value is -0.850. The van der Waals surface area contributed by atoms with Gasteiger partial charge in [-0.25, -0.2) is 0 Å². The van der Waals surface area contributed by atoms with E-state index in [1.807, 2.05) is 7.05 Å². The van der Waals surface area contributed by atoms with Crippen molar-refractivity contribution in [3.05, 3.63) is 0 Å². The van der Waals surface area contributed by atoms with Gasteiger partial charge in [-0.1, -0.05) is 0 Å². The number of morpholine rings is 1. The monoisotopic (exact) mass is 283 g/mol. The summed E-state index contributed by atoms with van der Waals surface area (Å²) in [4.78, 5) is 9.10. The van der Waals surface area contributed by atoms with Crippen LogP contribution in [-0.2, 0) is 4.74 Å². The fraction of sp³-hybridized carbons (Fsp3) is 0.929. The Balaban J connectivity index is 1.57. The van der Waals surface area contributed by atoms with E-state index >= 15 is 0 Å². The number of aliphatic imine (C=N–C) groups is 1. The molecule has 2 aliphatic rings. The van der Waals surface area contributed by atoms with Gasteiger partial charge in [0.25, 0.3) is 0 Å². The molecule has 20 heavy (non-hydrogen) atoms. The summed E-state index contributed by atoms with van der Waals surface area (Å²) in [5.74, 6) is 1.67. The molecule has 6 heteroatoms. The summed E-state index contributed by atoms with van der Waals surface area (Å²) in [5.41, 5.74) is 0. The SMILES string of the molecule is CN=C(NCCN1CCOCC1)NCC1CCN(C)C1. The second kappa shape index (κ2) is 8.44. The molecule has 2 fully saturated rings. The number of hydrogen-bond acceptors (Lipinski definition) is 4. The highest BCUT2D eigenvalue weighted by Crippen LogP contribution is 2.12. The van der Waals surface area contributed by atoms with Gasteiger partial charge in [0.15, 0.2) is 5.96 Å². The van der Waals surface area contributed by atoms with Gasteiger partial charge in [0.05, 0.1) is 13.2 Å². The van der Waals surface area contributed by atoms with Gasteiger partial charge in [0.1, 0.15) is 0 Å². The van der Waals surface area contributed by atoms with Gasteiger partial charge < -0.3 is 20.3 Å². The van der Waals surface area contributed by atoms with Crippen molar-refractivity contribution >= 4 is 5.96 Å². The van der Waals surface area contributed by atoms with Crippen LogP contribution in [-0.4, -0.2) is 88.9 Å². The minimum Gasteiger partial charge on any atom is -0.379 e. The molecule has 0 saturated carbocycles. The first kappa shape index (κ1) is 15.5. The van der Waals surface area contributed by atoms with Crippen LogP contribution in [0.15, 0.2) is 4.99 Å². The first-order valence-electron chi connectivity index (χ1n) is 7.71. The third-order valence-corrected chi connectivity index (χ3v) is 4.09. The molecule has 0 spiro atoms. The number of nitrogens with zero attached hydrogens (tertiary/aromatic N) is 3. The molecule has 2 aliphatic heterocycles. The summed E-state index contributed by atoms with van der Waals surface area (Å²) < 4.78 is 5.35. The summed E-state index contributed by atoms with van der Waals surface area (Å²) in [7, 11) is 4.03. The van der Waals surface area contributed by atoms with Crippen LogP contribution in [0, 0.1) is 5.92 Å². The molecule has 2 N–H and O–H groups in total. The molecule has 0 radical (unpaired) electrons. The van der Waals surface area contributed by atoms with Crippen molar-refractivity contribution in [3.8, 4) is 0 Å². The fourth-order valence-corrected chi connectivity index (χ4v) is 2.81. The summed E-state index contributed by atoms with van der Waals surface area (Å²) in [5, 5.41) is 6.83. The first-order chi connectivity index (χ1) is 9.78. The maximum atomic E-state index is 5.35. The lowest BCUT2D eigenvalue weighted by molar-refractivity contribution is 0.0389. The van der Waals surface area contributed by atoms with Crippen LogP contribution in [0.4, 0.5) is 0 Å². The Morgan fingerprint density at radius 2 is 2.05 bits per heavy atom. The molecule has 0 amide bonds. The highest BCUT2D eigenvalue weighted by Gasteiger charge is 2.19. The van der Waals surface area contributed by atoms with Gasteiger partial charge >= 0.3 is 0 Å². The zero-order valence-electron chi connectivity index (χ0n) is 12.9. The first-order valence-corrected chi connectivity index (χ1v) is 7.71. The number of guanidine groups is 1. The normalized spacial score (nSPS) is 25.9. The Bertz CT molecular complexity index is 304. The van der Waals surface area contributed by atoms with E-state index in [1.54, 1.807) is 0 Å². The molecule has 0 aromatic rings. The lowest BCUT2D eigenvalue weighted by atomic mass is 10.1. The predicted molar refractivity (Wildman–Crippen MR) is 82.2 cm³/mol. The molecule has 2 heterocycles. The van der Waals surface area contributed by atoms with Crippen molar-refractivity contribution in [3.63, 3.8) is 0 Å². The van der Waals surface area contributed by atoms with Gasteiger partial charge in [-0.2, -0.15) is 0 Å². The van der Waals surface area contributed by atoms with E-state index in [4.69, 9.17) is 4.74 Å². The van der Waals surface area contributed by atoms with Crippen LogP contribution < -0.4 is 10.6 Å². The lowest BCUT2D eigenvalue weighted by Crippen LogP contribution is -2.45. The van der Waals surface area contributed by atoms with Crippen LogP contribution >= 0.6 is 0 Å². The van der Waals surface area contributed by atoms with E-state index in [9.17, 15) is 0 Å². The van der Waals surface area contributed by atoms with Crippen LogP contribution in [0.1, 0.15) is 6.42 Å². The maximum absolute atomic E-state index is 5.35. The summed E-state index contributed by atoms with van der Waals surface area (Å²) in [6.45, 7) is 9.23. The molecule has 0 aromatic carbocycles. The van der Waals surface area contributed by atoms with Crippen molar-refractivity contribution in [1.82, 2.24) is 20.4 Å². The molecule has 0 bridgehead atoms. The highest BCUT2D eigenvalue weighted by molar-refractivity contribution is 5.79. The second-order valence-corrected chi connectivity index (χ2v) is 5.75. The van der Waals surface area contributed by atoms with Gasteiger partial charge in [-0.3, -0.25) is 9.89 Å². The topological polar surface area (TPSA) is 52.1 Å². The number of hydrogen-bond donors (Lipinski definition) is 2. The molecule has 2 rings (SSSR count). The zero-order valence-corrected chi connectivity index (χ0v) is 12.9. The van der Waals surface area contributed by atoms with Crippen LogP contribution in [0.5, 0.6) is 0 Å². The molecule has 6 nitrogen and oxygen atoms in total. The van der Waals surface area contributed by atoms with Crippen molar-refractivity contribution in [2.45, 2.75) is 6.42 Å². The summed E-state index contributed by atoms with van der Waals surface area (Å²) in [6.07, 6.45) is 1.29. The van der Waals surface area contributed by atoms with Crippen molar-refractivity contribution in [1.29, 1.82) is 0 Å². The molecule has 116 valence electrons. The Kier molecular flexibility index (Phi) is 6.56. The average Bonchev–Trinajstić information content (AvgIpc) is 2.89. The summed E-state index contributed by atoms with van der Waals surface area (Å²) >= 11 is 0. The van der Waals surface area contributed by atoms with Crippen molar-refractivity contribution in [2.75, 3.05) is 73.1 Å². The van der Waals surface area contributed by atoms with E-state index in [2.05, 4.69) is 32.5 Å². The minimum absolute atomic E-state index is 0.748. The standard InChI is InChI=1S/C14H29N5O/c1-15-14(17-11-13-3-5-18(2)12-13)16-4-6-19-7-9-20-10-8-19/h13H,3-12H2,1-2H3,(H2,15,16,17). The predicted octanol–water partition coefficient (Wildman–Crippen LogP) is -0.565. The van der Waals surface area contributed by atoms with Gasteiger partial charge in [-0.05, 0) is 25.9 Å². The fourth-order valence-electron chi connectivity index (χ4n) is 2.81. The zero-order chi connectivity index (χ0) is 14.2. The highest BCUT2D eigenvalue weighted by atomic mass is 16.5. The smallest absolute Gasteiger partial charge is 0.191 e. The minimum atomic E-state index is 0.748. The van der Waals surface area contributed by atoms with E-state index in [0.29, 0.717) is 0 Å². The largest absolute Gasteiger partial charge is 0.379 e. The molecule has 1 atom stereocenters. The van der Waals surface area contributed by atoms with E-state index in [-0.39, 0.29) is 0 Å². The molecular weight excluding hydrogens is 254 g/mol. The van der Waals surface area contributed by atoms with Crippen LogP contribution in [0.3, 0.4) is 0 Å². The van der Waals surface area contributed by atoms with Gasteiger partial charge in [0.2, 0.25) is 0 Å². The van der Waals surface area contributed by atoms with E-state index < -0.39 is 0 Å². The molecular formula is C14H29N5O. The van der Waals surface area contributed by atoms with Gasteiger partial charge in [-0.15, -0.1) is 0 Å². The number of likely N-dealkylation sites (tertiary alicyclic amines) is 1. The second-order valence-electron chi connectivity index (χ2n) is 5.75. The molecule has 2 saturated heterocycles. The Morgan fingerprint density at radius 1 is 1.25 bits per heavy atom. The Labute approximate surface area is 122 Å². The molecule has 0 aromatic heterocycles. The third kappa shape index (κ3) is 5.26. The quantitative estimate of drug-likeness (QED) is 0.523.